The number of carbonyl (C=O) groups excluding carboxylic acids is 4. The van der Waals surface area contributed by atoms with Gasteiger partial charge in [0.25, 0.3) is 0 Å². The number of alkyl carbamates (subject to hydrolysis) is 1. The van der Waals surface area contributed by atoms with E-state index in [1.165, 1.54) is 4.90 Å². The number of β-amino-alcohol motifs (C(OH)–C–C–N with tert-alkyl or cyclic N) is 1. The highest BCUT2D eigenvalue weighted by Crippen LogP contribution is 2.28. The molecule has 0 bridgehead atoms. The second-order valence-electron chi connectivity index (χ2n) is 15.8. The Kier molecular flexibility index (Phi) is 15.7. The number of aromatic nitrogens is 1. The van der Waals surface area contributed by atoms with Crippen LogP contribution in [0.2, 0.25) is 0 Å². The number of amides is 4. The highest BCUT2D eigenvalue weighted by atomic mass is 32.1. The van der Waals surface area contributed by atoms with Crippen LogP contribution in [-0.4, -0.2) is 89.0 Å². The highest BCUT2D eigenvalue weighted by Gasteiger charge is 2.44. The Bertz CT molecular complexity index is 1980. The number of nitrogens with zero attached hydrogens (tertiary/aromatic N) is 2. The van der Waals surface area contributed by atoms with E-state index in [-0.39, 0.29) is 51.3 Å². The molecule has 4 rings (SSSR count). The number of thiazole rings is 1. The first-order chi connectivity index (χ1) is 26.9. The van der Waals surface area contributed by atoms with Crippen molar-refractivity contribution >= 4 is 35.2 Å². The number of aliphatic hydroxyl groups excluding tert-OH is 1. The molecule has 4 atom stereocenters. The monoisotopic (exact) mass is 799 g/mol. The van der Waals surface area contributed by atoms with E-state index < -0.39 is 47.1 Å². The lowest BCUT2D eigenvalue weighted by Gasteiger charge is -2.35. The predicted molar refractivity (Wildman–Crippen MR) is 218 cm³/mol. The first-order valence-electron chi connectivity index (χ1n) is 18.7. The SMILES string of the molecule is Cc1ncsc1-c1ccc(CNC(=O)[C@@H]2C[C@@H](O)CN2C(=O)[C@@H](NC(=O)COCC#CC#CCOc2ccc([C@@H](C)NC(=O)OC(C)(C)C)cc2)C(C)(C)C)cc1. The summed E-state index contributed by atoms with van der Waals surface area (Å²) in [5, 5.41) is 19.0. The minimum atomic E-state index is -0.984. The summed E-state index contributed by atoms with van der Waals surface area (Å²) >= 11 is 1.57. The summed E-state index contributed by atoms with van der Waals surface area (Å²) in [6, 6.07) is 13.0. The van der Waals surface area contributed by atoms with Gasteiger partial charge < -0.3 is 40.2 Å². The van der Waals surface area contributed by atoms with E-state index in [4.69, 9.17) is 14.2 Å². The number of rotatable bonds is 13. The number of aliphatic hydroxyl groups is 1. The maximum atomic E-state index is 13.9. The van der Waals surface area contributed by atoms with Gasteiger partial charge in [-0.3, -0.25) is 14.4 Å². The first kappa shape index (κ1) is 44.3. The molecule has 1 fully saturated rings. The Balaban J connectivity index is 1.20. The molecular weight excluding hydrogens is 747 g/mol. The van der Waals surface area contributed by atoms with Crippen LogP contribution in [0.5, 0.6) is 5.75 Å². The van der Waals surface area contributed by atoms with Crippen LogP contribution in [0.3, 0.4) is 0 Å². The lowest BCUT2D eigenvalue weighted by molar-refractivity contribution is -0.144. The number of benzene rings is 2. The van der Waals surface area contributed by atoms with E-state index in [0.29, 0.717) is 5.75 Å². The Hall–Kier alpha value is -5.41. The van der Waals surface area contributed by atoms with Gasteiger partial charge in [-0.1, -0.05) is 63.1 Å². The summed E-state index contributed by atoms with van der Waals surface area (Å²) in [5.74, 6) is 10.1. The normalized spacial score (nSPS) is 16.2. The molecule has 4 N–H and O–H groups in total. The van der Waals surface area contributed by atoms with Crippen LogP contribution < -0.4 is 20.7 Å². The van der Waals surface area contributed by atoms with Gasteiger partial charge in [0.2, 0.25) is 17.7 Å². The standard InChI is InChI=1S/C43H53N5O8S/c1-28(46-41(53)56-43(6,7)8)31-17-19-34(20-18-31)55-22-12-10-9-11-21-54-26-36(50)47-38(42(3,4)5)40(52)48-25-33(49)23-35(48)39(51)44-24-30-13-15-32(16-14-30)37-29(2)45-27-57-37/h13-20,27-28,33,35,38,49H,21-26H2,1-8H3,(H,44,51)(H,46,53)(H,47,50)/t28-,33-,35+,38-/m1/s1. The van der Waals surface area contributed by atoms with Crippen molar-refractivity contribution in [2.75, 3.05) is 26.4 Å². The van der Waals surface area contributed by atoms with Crippen molar-refractivity contribution < 1.29 is 38.5 Å². The molecule has 0 spiro atoms. The van der Waals surface area contributed by atoms with Crippen molar-refractivity contribution in [3.63, 3.8) is 0 Å². The third-order valence-electron chi connectivity index (χ3n) is 8.78. The molecule has 2 aromatic carbocycles. The summed E-state index contributed by atoms with van der Waals surface area (Å²) in [6.07, 6.45) is -1.28. The summed E-state index contributed by atoms with van der Waals surface area (Å²) in [6.45, 7) is 14.6. The number of likely N-dealkylation sites (tertiary alicyclic amines) is 1. The second-order valence-corrected chi connectivity index (χ2v) is 16.6. The van der Waals surface area contributed by atoms with Crippen LogP contribution in [0.4, 0.5) is 4.79 Å². The number of nitrogens with one attached hydrogen (secondary N) is 3. The summed E-state index contributed by atoms with van der Waals surface area (Å²) in [5.41, 5.74) is 4.29. The highest BCUT2D eigenvalue weighted by molar-refractivity contribution is 7.13. The molecule has 0 aliphatic carbocycles. The maximum absolute atomic E-state index is 13.9. The van der Waals surface area contributed by atoms with E-state index in [2.05, 4.69) is 44.6 Å². The number of aryl methyl sites for hydroxylation is 1. The molecule has 0 radical (unpaired) electrons. The van der Waals surface area contributed by atoms with Crippen LogP contribution in [0.25, 0.3) is 10.4 Å². The molecule has 304 valence electrons. The zero-order valence-corrected chi connectivity index (χ0v) is 34.7. The van der Waals surface area contributed by atoms with E-state index in [9.17, 15) is 24.3 Å². The van der Waals surface area contributed by atoms with Gasteiger partial charge in [-0.15, -0.1) is 11.3 Å². The third-order valence-corrected chi connectivity index (χ3v) is 9.76. The smallest absolute Gasteiger partial charge is 0.408 e. The lowest BCUT2D eigenvalue weighted by Crippen LogP contribution is -2.58. The van der Waals surface area contributed by atoms with Gasteiger partial charge in [-0.2, -0.15) is 0 Å². The van der Waals surface area contributed by atoms with Gasteiger partial charge in [0.15, 0.2) is 0 Å². The Morgan fingerprint density at radius 1 is 0.965 bits per heavy atom. The molecule has 1 saturated heterocycles. The van der Waals surface area contributed by atoms with Crippen molar-refractivity contribution in [1.29, 1.82) is 0 Å². The minimum absolute atomic E-state index is 0.0267. The van der Waals surface area contributed by atoms with Crippen molar-refractivity contribution in [3.8, 4) is 39.9 Å². The average Bonchev–Trinajstić information content (AvgIpc) is 3.76. The fourth-order valence-electron chi connectivity index (χ4n) is 5.88. The Morgan fingerprint density at radius 3 is 2.25 bits per heavy atom. The molecule has 13 nitrogen and oxygen atoms in total. The van der Waals surface area contributed by atoms with E-state index in [0.717, 1.165) is 27.3 Å². The van der Waals surface area contributed by atoms with Gasteiger partial charge in [0, 0.05) is 19.5 Å². The van der Waals surface area contributed by atoms with Crippen LogP contribution in [0.1, 0.15) is 77.7 Å². The number of ether oxygens (including phenoxy) is 3. The number of hydrogen-bond acceptors (Lipinski definition) is 10. The minimum Gasteiger partial charge on any atom is -0.481 e. The first-order valence-corrected chi connectivity index (χ1v) is 19.6. The Morgan fingerprint density at radius 2 is 1.63 bits per heavy atom. The van der Waals surface area contributed by atoms with E-state index in [1.54, 1.807) is 49.8 Å². The Labute approximate surface area is 339 Å². The topological polar surface area (TPSA) is 168 Å². The van der Waals surface area contributed by atoms with Gasteiger partial charge in [0.05, 0.1) is 28.2 Å². The quantitative estimate of drug-likeness (QED) is 0.139. The zero-order chi connectivity index (χ0) is 41.8. The second kappa shape index (κ2) is 20.1. The van der Waals surface area contributed by atoms with Gasteiger partial charge in [-0.25, -0.2) is 9.78 Å². The average molecular weight is 800 g/mol. The van der Waals surface area contributed by atoms with Crippen molar-refractivity contribution in [2.45, 2.75) is 98.2 Å². The summed E-state index contributed by atoms with van der Waals surface area (Å²) < 4.78 is 16.3. The number of hydrogen-bond donors (Lipinski definition) is 4. The fourth-order valence-corrected chi connectivity index (χ4v) is 6.69. The van der Waals surface area contributed by atoms with E-state index >= 15 is 0 Å². The van der Waals surface area contributed by atoms with Gasteiger partial charge in [-0.05, 0) is 86.6 Å². The zero-order valence-electron chi connectivity index (χ0n) is 33.9. The van der Waals surface area contributed by atoms with Gasteiger partial charge in [0.1, 0.15) is 43.3 Å². The van der Waals surface area contributed by atoms with Crippen LogP contribution in [0.15, 0.2) is 54.0 Å². The molecular formula is C43H53N5O8S. The lowest BCUT2D eigenvalue weighted by atomic mass is 9.85. The third kappa shape index (κ3) is 13.9. The predicted octanol–water partition coefficient (Wildman–Crippen LogP) is 4.92. The van der Waals surface area contributed by atoms with E-state index in [1.807, 2.05) is 71.0 Å². The molecule has 4 amide bonds. The molecule has 1 aromatic heterocycles. The van der Waals surface area contributed by atoms with Gasteiger partial charge >= 0.3 is 6.09 Å². The molecule has 1 aliphatic heterocycles. The summed E-state index contributed by atoms with van der Waals surface area (Å²) in [7, 11) is 0. The molecule has 0 unspecified atom stereocenters. The molecule has 3 aromatic rings. The number of carbonyl (C=O) groups is 4. The molecule has 2 heterocycles. The molecule has 57 heavy (non-hydrogen) atoms. The maximum Gasteiger partial charge on any atom is 0.408 e. The van der Waals surface area contributed by atoms with Crippen molar-refractivity contribution in [3.05, 3.63) is 70.9 Å². The van der Waals surface area contributed by atoms with Crippen LogP contribution in [0, 0.1) is 36.0 Å². The molecule has 14 heteroatoms. The fraction of sp³-hybridized carbons (Fsp3) is 0.465. The summed E-state index contributed by atoms with van der Waals surface area (Å²) in [4.78, 5) is 58.8. The van der Waals surface area contributed by atoms with Crippen LogP contribution >= 0.6 is 11.3 Å². The van der Waals surface area contributed by atoms with Crippen molar-refractivity contribution in [2.24, 2.45) is 5.41 Å². The van der Waals surface area contributed by atoms with Crippen LogP contribution in [-0.2, 0) is 30.4 Å². The van der Waals surface area contributed by atoms with Crippen molar-refractivity contribution in [1.82, 2.24) is 25.8 Å². The molecule has 1 aliphatic rings. The largest absolute Gasteiger partial charge is 0.481 e. The molecule has 0 saturated carbocycles.